The highest BCUT2D eigenvalue weighted by atomic mass is 35.5. The molecule has 1 aliphatic carbocycles. The number of carbonyl (C=O) groups is 1. The van der Waals surface area contributed by atoms with Gasteiger partial charge in [0.15, 0.2) is 6.61 Å². The van der Waals surface area contributed by atoms with E-state index in [0.717, 1.165) is 19.3 Å². The number of ether oxygens (including phenoxy) is 1. The number of aliphatic hydroxyl groups is 1. The molecule has 1 aromatic carbocycles. The molecule has 2 atom stereocenters. The average Bonchev–Trinajstić information content (AvgIpc) is 2.81. The van der Waals surface area contributed by atoms with Gasteiger partial charge >= 0.3 is 0 Å². The van der Waals surface area contributed by atoms with Crippen molar-refractivity contribution in [3.63, 3.8) is 0 Å². The minimum Gasteiger partial charge on any atom is -0.484 e. The lowest BCUT2D eigenvalue weighted by atomic mass is 10.1. The summed E-state index contributed by atoms with van der Waals surface area (Å²) >= 11 is 5.75. The van der Waals surface area contributed by atoms with Crippen molar-refractivity contribution in [2.75, 3.05) is 13.2 Å². The second-order valence-electron chi connectivity index (χ2n) is 4.88. The lowest BCUT2D eigenvalue weighted by molar-refractivity contribution is -0.123. The molecule has 1 amide bonds. The molecule has 0 bridgehead atoms. The van der Waals surface area contributed by atoms with Crippen molar-refractivity contribution in [3.05, 3.63) is 29.3 Å². The Bertz CT molecular complexity index is 421. The zero-order chi connectivity index (χ0) is 13.7. The van der Waals surface area contributed by atoms with Crippen LogP contribution in [-0.2, 0) is 4.79 Å². The van der Waals surface area contributed by atoms with Crippen molar-refractivity contribution in [3.8, 4) is 5.75 Å². The first-order valence-electron chi connectivity index (χ1n) is 6.46. The number of hydrogen-bond donors (Lipinski definition) is 2. The van der Waals surface area contributed by atoms with E-state index in [2.05, 4.69) is 5.32 Å². The Balaban J connectivity index is 1.65. The standard InChI is InChI=1S/C14H18ClNO3/c15-11-2-5-13(6-3-11)19-9-14(18)16-8-10-1-4-12(17)7-10/h2-3,5-6,10,12,17H,1,4,7-9H2,(H,16,18). The minimum atomic E-state index is -0.202. The summed E-state index contributed by atoms with van der Waals surface area (Å²) in [7, 11) is 0. The number of rotatable bonds is 5. The molecular weight excluding hydrogens is 266 g/mol. The van der Waals surface area contributed by atoms with E-state index in [4.69, 9.17) is 16.3 Å². The van der Waals surface area contributed by atoms with E-state index < -0.39 is 0 Å². The molecule has 0 aromatic heterocycles. The minimum absolute atomic E-state index is 0.00307. The van der Waals surface area contributed by atoms with E-state index in [1.54, 1.807) is 24.3 Å². The van der Waals surface area contributed by atoms with Gasteiger partial charge in [-0.15, -0.1) is 0 Å². The van der Waals surface area contributed by atoms with Crippen LogP contribution in [0, 0.1) is 5.92 Å². The third kappa shape index (κ3) is 4.73. The molecule has 0 saturated heterocycles. The Morgan fingerprint density at radius 2 is 2.11 bits per heavy atom. The largest absolute Gasteiger partial charge is 0.484 e. The molecule has 2 unspecified atom stereocenters. The van der Waals surface area contributed by atoms with Gasteiger partial charge in [0.2, 0.25) is 0 Å². The van der Waals surface area contributed by atoms with E-state index in [0.29, 0.717) is 23.2 Å². The summed E-state index contributed by atoms with van der Waals surface area (Å²) in [5.41, 5.74) is 0. The van der Waals surface area contributed by atoms with Crippen LogP contribution in [0.1, 0.15) is 19.3 Å². The number of aliphatic hydroxyl groups excluding tert-OH is 1. The zero-order valence-electron chi connectivity index (χ0n) is 10.6. The molecule has 0 aliphatic heterocycles. The molecule has 1 aromatic rings. The Morgan fingerprint density at radius 3 is 2.74 bits per heavy atom. The van der Waals surface area contributed by atoms with Gasteiger partial charge in [0, 0.05) is 11.6 Å². The Hall–Kier alpha value is -1.26. The van der Waals surface area contributed by atoms with Crippen LogP contribution in [0.4, 0.5) is 0 Å². The second-order valence-corrected chi connectivity index (χ2v) is 5.32. The fourth-order valence-electron chi connectivity index (χ4n) is 2.22. The van der Waals surface area contributed by atoms with Crippen LogP contribution in [0.15, 0.2) is 24.3 Å². The zero-order valence-corrected chi connectivity index (χ0v) is 11.4. The summed E-state index contributed by atoms with van der Waals surface area (Å²) in [6, 6.07) is 6.88. The number of hydrogen-bond acceptors (Lipinski definition) is 3. The van der Waals surface area contributed by atoms with Crippen molar-refractivity contribution in [1.29, 1.82) is 0 Å². The van der Waals surface area contributed by atoms with Crippen LogP contribution in [0.25, 0.3) is 0 Å². The molecule has 1 aliphatic rings. The molecule has 2 N–H and O–H groups in total. The quantitative estimate of drug-likeness (QED) is 0.869. The van der Waals surface area contributed by atoms with Gasteiger partial charge < -0.3 is 15.2 Å². The summed E-state index contributed by atoms with van der Waals surface area (Å²) in [5, 5.41) is 12.9. The van der Waals surface area contributed by atoms with Crippen molar-refractivity contribution < 1.29 is 14.6 Å². The Morgan fingerprint density at radius 1 is 1.37 bits per heavy atom. The van der Waals surface area contributed by atoms with Gasteiger partial charge in [-0.2, -0.15) is 0 Å². The summed E-state index contributed by atoms with van der Waals surface area (Å²) in [6.07, 6.45) is 2.38. The van der Waals surface area contributed by atoms with Crippen LogP contribution in [0.2, 0.25) is 5.02 Å². The molecule has 104 valence electrons. The van der Waals surface area contributed by atoms with Crippen LogP contribution < -0.4 is 10.1 Å². The third-order valence-electron chi connectivity index (χ3n) is 3.29. The molecule has 5 heteroatoms. The number of nitrogens with one attached hydrogen (secondary N) is 1. The molecule has 2 rings (SSSR count). The Kier molecular flexibility index (Phi) is 5.05. The maximum absolute atomic E-state index is 11.6. The van der Waals surface area contributed by atoms with E-state index in [1.165, 1.54) is 0 Å². The van der Waals surface area contributed by atoms with E-state index in [9.17, 15) is 9.90 Å². The van der Waals surface area contributed by atoms with Gasteiger partial charge in [-0.3, -0.25) is 4.79 Å². The molecule has 4 nitrogen and oxygen atoms in total. The molecule has 19 heavy (non-hydrogen) atoms. The molecule has 1 fully saturated rings. The van der Waals surface area contributed by atoms with Crippen LogP contribution in [0.5, 0.6) is 5.75 Å². The van der Waals surface area contributed by atoms with Gasteiger partial charge in [-0.05, 0) is 49.4 Å². The van der Waals surface area contributed by atoms with Crippen LogP contribution in [-0.4, -0.2) is 30.3 Å². The van der Waals surface area contributed by atoms with Crippen molar-refractivity contribution in [2.24, 2.45) is 5.92 Å². The number of amides is 1. The highest BCUT2D eigenvalue weighted by molar-refractivity contribution is 6.30. The topological polar surface area (TPSA) is 58.6 Å². The lowest BCUT2D eigenvalue weighted by Gasteiger charge is -2.11. The van der Waals surface area contributed by atoms with Gasteiger partial charge in [-0.25, -0.2) is 0 Å². The van der Waals surface area contributed by atoms with Gasteiger partial charge in [0.25, 0.3) is 5.91 Å². The van der Waals surface area contributed by atoms with Crippen molar-refractivity contribution in [1.82, 2.24) is 5.32 Å². The summed E-state index contributed by atoms with van der Waals surface area (Å²) < 4.78 is 5.34. The molecule has 0 radical (unpaired) electrons. The average molecular weight is 284 g/mol. The molecule has 0 heterocycles. The van der Waals surface area contributed by atoms with Crippen LogP contribution in [0.3, 0.4) is 0 Å². The first kappa shape index (κ1) is 14.2. The molecule has 0 spiro atoms. The second kappa shape index (κ2) is 6.78. The number of carbonyl (C=O) groups excluding carboxylic acids is 1. The van der Waals surface area contributed by atoms with Crippen molar-refractivity contribution in [2.45, 2.75) is 25.4 Å². The number of benzene rings is 1. The van der Waals surface area contributed by atoms with Crippen molar-refractivity contribution >= 4 is 17.5 Å². The molecular formula is C14H18ClNO3. The smallest absolute Gasteiger partial charge is 0.257 e. The summed E-state index contributed by atoms with van der Waals surface area (Å²) in [4.78, 5) is 11.6. The lowest BCUT2D eigenvalue weighted by Crippen LogP contribution is -2.32. The van der Waals surface area contributed by atoms with Gasteiger partial charge in [-0.1, -0.05) is 11.6 Å². The number of halogens is 1. The first-order chi connectivity index (χ1) is 9.13. The monoisotopic (exact) mass is 283 g/mol. The SMILES string of the molecule is O=C(COc1ccc(Cl)cc1)NCC1CCC(O)C1. The normalized spacial score (nSPS) is 22.2. The summed E-state index contributed by atoms with van der Waals surface area (Å²) in [5.74, 6) is 0.863. The Labute approximate surface area is 117 Å². The van der Waals surface area contributed by atoms with E-state index in [-0.39, 0.29) is 18.6 Å². The highest BCUT2D eigenvalue weighted by Gasteiger charge is 2.22. The maximum Gasteiger partial charge on any atom is 0.257 e. The van der Waals surface area contributed by atoms with E-state index >= 15 is 0 Å². The predicted octanol–water partition coefficient (Wildman–Crippen LogP) is 2.00. The van der Waals surface area contributed by atoms with Crippen LogP contribution >= 0.6 is 11.6 Å². The third-order valence-corrected chi connectivity index (χ3v) is 3.54. The highest BCUT2D eigenvalue weighted by Crippen LogP contribution is 2.24. The molecule has 1 saturated carbocycles. The summed E-state index contributed by atoms with van der Waals surface area (Å²) in [6.45, 7) is 0.608. The fourth-order valence-corrected chi connectivity index (χ4v) is 2.35. The van der Waals surface area contributed by atoms with Gasteiger partial charge in [0.05, 0.1) is 6.10 Å². The maximum atomic E-state index is 11.6. The predicted molar refractivity (Wildman–Crippen MR) is 73.3 cm³/mol. The first-order valence-corrected chi connectivity index (χ1v) is 6.84. The van der Waals surface area contributed by atoms with Gasteiger partial charge in [0.1, 0.15) is 5.75 Å². The fraction of sp³-hybridized carbons (Fsp3) is 0.500. The van der Waals surface area contributed by atoms with E-state index in [1.807, 2.05) is 0 Å².